The van der Waals surface area contributed by atoms with Crippen LogP contribution in [0.3, 0.4) is 0 Å². The largest absolute Gasteiger partial charge is 0.376 e. The van der Waals surface area contributed by atoms with Gasteiger partial charge in [0.05, 0.1) is 16.1 Å². The van der Waals surface area contributed by atoms with Crippen molar-refractivity contribution in [2.75, 3.05) is 13.2 Å². The Kier molecular flexibility index (Phi) is 5.38. The zero-order valence-electron chi connectivity index (χ0n) is 13.3. The first kappa shape index (κ1) is 17.2. The summed E-state index contributed by atoms with van der Waals surface area (Å²) < 4.78 is 7.07. The smallest absolute Gasteiger partial charge is 0.241 e. The number of nitrogens with one attached hydrogen (secondary N) is 1. The highest BCUT2D eigenvalue weighted by Gasteiger charge is 2.18. The van der Waals surface area contributed by atoms with Gasteiger partial charge in [-0.3, -0.25) is 4.79 Å². The molecule has 1 aromatic carbocycles. The van der Waals surface area contributed by atoms with Gasteiger partial charge in [0.2, 0.25) is 5.91 Å². The van der Waals surface area contributed by atoms with E-state index in [1.54, 1.807) is 29.8 Å². The summed E-state index contributed by atoms with van der Waals surface area (Å²) in [5.74, 6) is 1.04. The van der Waals surface area contributed by atoms with Gasteiger partial charge in [0, 0.05) is 18.7 Å². The lowest BCUT2D eigenvalue weighted by molar-refractivity contribution is -0.122. The molecule has 1 saturated heterocycles. The van der Waals surface area contributed by atoms with E-state index in [1.165, 1.54) is 0 Å². The molecular formula is C16H18Cl2N4O2. The highest BCUT2D eigenvalue weighted by atomic mass is 35.5. The van der Waals surface area contributed by atoms with E-state index in [1.807, 2.05) is 0 Å². The summed E-state index contributed by atoms with van der Waals surface area (Å²) in [6.07, 6.45) is 2.14. The van der Waals surface area contributed by atoms with E-state index >= 15 is 0 Å². The molecule has 1 aromatic heterocycles. The molecule has 128 valence electrons. The van der Waals surface area contributed by atoms with Crippen LogP contribution in [0, 0.1) is 6.92 Å². The van der Waals surface area contributed by atoms with Crippen molar-refractivity contribution in [1.82, 2.24) is 20.1 Å². The molecule has 0 aliphatic carbocycles. The van der Waals surface area contributed by atoms with Crippen LogP contribution in [0.4, 0.5) is 0 Å². The molecule has 0 spiro atoms. The number of halogens is 2. The molecule has 1 aliphatic rings. The lowest BCUT2D eigenvalue weighted by Gasteiger charge is -2.11. The molecular weight excluding hydrogens is 351 g/mol. The third-order valence-electron chi connectivity index (χ3n) is 3.80. The number of hydrogen-bond acceptors (Lipinski definition) is 4. The SMILES string of the molecule is Cc1nc(-c2ccc(Cl)c(Cl)c2)n(CC(=O)NC[C@H]2CCCO2)n1. The summed E-state index contributed by atoms with van der Waals surface area (Å²) in [4.78, 5) is 16.6. The van der Waals surface area contributed by atoms with E-state index in [9.17, 15) is 4.79 Å². The van der Waals surface area contributed by atoms with Crippen molar-refractivity contribution in [1.29, 1.82) is 0 Å². The molecule has 6 nitrogen and oxygen atoms in total. The standard InChI is InChI=1S/C16H18Cl2N4O2/c1-10-20-16(11-4-5-13(17)14(18)7-11)22(21-10)9-15(23)19-8-12-3-2-6-24-12/h4-5,7,12H,2-3,6,8-9H2,1H3,(H,19,23)/t12-/m1/s1. The molecule has 1 fully saturated rings. The van der Waals surface area contributed by atoms with Crippen LogP contribution in [0.1, 0.15) is 18.7 Å². The van der Waals surface area contributed by atoms with Crippen LogP contribution < -0.4 is 5.32 Å². The molecule has 3 rings (SSSR count). The maximum atomic E-state index is 12.2. The van der Waals surface area contributed by atoms with Crippen molar-refractivity contribution >= 4 is 29.1 Å². The second-order valence-corrected chi connectivity index (χ2v) is 6.52. The van der Waals surface area contributed by atoms with E-state index in [0.29, 0.717) is 28.2 Å². The maximum Gasteiger partial charge on any atom is 0.241 e. The van der Waals surface area contributed by atoms with Gasteiger partial charge in [0.1, 0.15) is 12.4 Å². The summed E-state index contributed by atoms with van der Waals surface area (Å²) in [6.45, 7) is 3.16. The maximum absolute atomic E-state index is 12.2. The van der Waals surface area contributed by atoms with Crippen molar-refractivity contribution in [3.8, 4) is 11.4 Å². The summed E-state index contributed by atoms with van der Waals surface area (Å²) in [6, 6.07) is 5.22. The Hall–Kier alpha value is -1.63. The Morgan fingerprint density at radius 1 is 1.42 bits per heavy atom. The van der Waals surface area contributed by atoms with Crippen LogP contribution in [-0.4, -0.2) is 39.9 Å². The van der Waals surface area contributed by atoms with Crippen LogP contribution in [0.5, 0.6) is 0 Å². The number of aryl methyl sites for hydroxylation is 1. The molecule has 1 atom stereocenters. The summed E-state index contributed by atoms with van der Waals surface area (Å²) in [5, 5.41) is 8.08. The predicted molar refractivity (Wildman–Crippen MR) is 92.2 cm³/mol. The van der Waals surface area contributed by atoms with E-state index in [-0.39, 0.29) is 18.6 Å². The molecule has 0 radical (unpaired) electrons. The molecule has 24 heavy (non-hydrogen) atoms. The summed E-state index contributed by atoms with van der Waals surface area (Å²) >= 11 is 12.0. The number of hydrogen-bond donors (Lipinski definition) is 1. The van der Waals surface area contributed by atoms with Crippen molar-refractivity contribution in [3.63, 3.8) is 0 Å². The average molecular weight is 369 g/mol. The monoisotopic (exact) mass is 368 g/mol. The number of carbonyl (C=O) groups excluding carboxylic acids is 1. The lowest BCUT2D eigenvalue weighted by atomic mass is 10.2. The minimum absolute atomic E-state index is 0.0864. The number of nitrogens with zero attached hydrogens (tertiary/aromatic N) is 3. The first-order chi connectivity index (χ1) is 11.5. The minimum atomic E-state index is -0.128. The first-order valence-electron chi connectivity index (χ1n) is 7.78. The summed E-state index contributed by atoms with van der Waals surface area (Å²) in [7, 11) is 0. The second kappa shape index (κ2) is 7.51. The normalized spacial score (nSPS) is 17.2. The van der Waals surface area contributed by atoms with Gasteiger partial charge >= 0.3 is 0 Å². The fourth-order valence-corrected chi connectivity index (χ4v) is 2.94. The highest BCUT2D eigenvalue weighted by Crippen LogP contribution is 2.27. The van der Waals surface area contributed by atoms with Gasteiger partial charge in [-0.2, -0.15) is 5.10 Å². The van der Waals surface area contributed by atoms with Gasteiger partial charge in [-0.25, -0.2) is 9.67 Å². The van der Waals surface area contributed by atoms with Gasteiger partial charge in [0.15, 0.2) is 5.82 Å². The van der Waals surface area contributed by atoms with Crippen molar-refractivity contribution in [2.45, 2.75) is 32.4 Å². The van der Waals surface area contributed by atoms with Crippen LogP contribution in [-0.2, 0) is 16.1 Å². The zero-order valence-corrected chi connectivity index (χ0v) is 14.8. The molecule has 2 aromatic rings. The minimum Gasteiger partial charge on any atom is -0.376 e. The third-order valence-corrected chi connectivity index (χ3v) is 4.54. The molecule has 1 aliphatic heterocycles. The second-order valence-electron chi connectivity index (χ2n) is 5.71. The van der Waals surface area contributed by atoms with Gasteiger partial charge < -0.3 is 10.1 Å². The number of carbonyl (C=O) groups is 1. The number of benzene rings is 1. The van der Waals surface area contributed by atoms with Crippen LogP contribution in [0.2, 0.25) is 10.0 Å². The number of aromatic nitrogens is 3. The molecule has 2 heterocycles. The van der Waals surface area contributed by atoms with E-state index < -0.39 is 0 Å². The highest BCUT2D eigenvalue weighted by molar-refractivity contribution is 6.42. The van der Waals surface area contributed by atoms with E-state index in [0.717, 1.165) is 25.0 Å². The van der Waals surface area contributed by atoms with Crippen molar-refractivity contribution < 1.29 is 9.53 Å². The first-order valence-corrected chi connectivity index (χ1v) is 8.53. The molecule has 1 N–H and O–H groups in total. The third kappa shape index (κ3) is 4.06. The Morgan fingerprint density at radius 3 is 2.96 bits per heavy atom. The number of rotatable bonds is 5. The Balaban J connectivity index is 1.71. The molecule has 0 bridgehead atoms. The zero-order chi connectivity index (χ0) is 17.1. The Bertz CT molecular complexity index is 742. The number of ether oxygens (including phenoxy) is 1. The van der Waals surface area contributed by atoms with E-state index in [2.05, 4.69) is 15.4 Å². The molecule has 0 unspecified atom stereocenters. The quantitative estimate of drug-likeness (QED) is 0.880. The Labute approximate surface area is 150 Å². The summed E-state index contributed by atoms with van der Waals surface area (Å²) in [5.41, 5.74) is 0.761. The fraction of sp³-hybridized carbons (Fsp3) is 0.438. The van der Waals surface area contributed by atoms with Crippen LogP contribution in [0.15, 0.2) is 18.2 Å². The van der Waals surface area contributed by atoms with Gasteiger partial charge in [-0.15, -0.1) is 0 Å². The Morgan fingerprint density at radius 2 is 2.25 bits per heavy atom. The van der Waals surface area contributed by atoms with Crippen molar-refractivity contribution in [3.05, 3.63) is 34.1 Å². The van der Waals surface area contributed by atoms with Crippen LogP contribution in [0.25, 0.3) is 11.4 Å². The molecule has 8 heteroatoms. The van der Waals surface area contributed by atoms with Crippen LogP contribution >= 0.6 is 23.2 Å². The van der Waals surface area contributed by atoms with Gasteiger partial charge in [-0.05, 0) is 38.0 Å². The molecule has 1 amide bonds. The number of amides is 1. The fourth-order valence-electron chi connectivity index (χ4n) is 2.64. The van der Waals surface area contributed by atoms with Gasteiger partial charge in [0.25, 0.3) is 0 Å². The van der Waals surface area contributed by atoms with Crippen molar-refractivity contribution in [2.24, 2.45) is 0 Å². The van der Waals surface area contributed by atoms with Gasteiger partial charge in [-0.1, -0.05) is 23.2 Å². The predicted octanol–water partition coefficient (Wildman–Crippen LogP) is 2.86. The van der Waals surface area contributed by atoms with E-state index in [4.69, 9.17) is 27.9 Å². The average Bonchev–Trinajstić information content (AvgIpc) is 3.18. The lowest BCUT2D eigenvalue weighted by Crippen LogP contribution is -2.34. The molecule has 0 saturated carbocycles. The topological polar surface area (TPSA) is 69.0 Å².